The molecule has 0 saturated carbocycles. The van der Waals surface area contributed by atoms with Gasteiger partial charge in [-0.25, -0.2) is 4.98 Å². The van der Waals surface area contributed by atoms with Crippen molar-refractivity contribution < 1.29 is 10.2 Å². The van der Waals surface area contributed by atoms with Crippen LogP contribution < -0.4 is 5.32 Å². The topological polar surface area (TPSA) is 78.3 Å². The van der Waals surface area contributed by atoms with Gasteiger partial charge in [-0.1, -0.05) is 18.2 Å². The molecule has 3 aromatic rings. The second-order valence-electron chi connectivity index (χ2n) is 4.69. The number of pyridine rings is 1. The summed E-state index contributed by atoms with van der Waals surface area (Å²) in [7, 11) is 0. The fraction of sp³-hybridized carbons (Fsp3) is 0.125. The summed E-state index contributed by atoms with van der Waals surface area (Å²) in [6, 6.07) is 11.1. The van der Waals surface area contributed by atoms with Crippen LogP contribution >= 0.6 is 11.3 Å². The number of aromatic nitrogens is 2. The number of thiazole rings is 1. The van der Waals surface area contributed by atoms with E-state index in [1.165, 1.54) is 11.3 Å². The molecule has 0 aliphatic heterocycles. The number of hydrogen-bond donors (Lipinski definition) is 3. The molecule has 22 heavy (non-hydrogen) atoms. The summed E-state index contributed by atoms with van der Waals surface area (Å²) in [6.45, 7) is -0.121. The first-order valence-electron chi connectivity index (χ1n) is 6.77. The predicted molar refractivity (Wildman–Crippen MR) is 86.9 cm³/mol. The van der Waals surface area contributed by atoms with E-state index in [1.54, 1.807) is 18.3 Å². The number of aliphatic hydroxyl groups excluding tert-OH is 2. The highest BCUT2D eigenvalue weighted by molar-refractivity contribution is 7.14. The molecule has 0 amide bonds. The predicted octanol–water partition coefficient (Wildman–Crippen LogP) is 2.93. The van der Waals surface area contributed by atoms with Crippen molar-refractivity contribution >= 4 is 22.2 Å². The van der Waals surface area contributed by atoms with Gasteiger partial charge in [0, 0.05) is 22.8 Å². The Hall–Kier alpha value is -2.28. The van der Waals surface area contributed by atoms with Crippen LogP contribution in [0.15, 0.2) is 48.0 Å². The van der Waals surface area contributed by atoms with Crippen molar-refractivity contribution in [3.8, 4) is 11.4 Å². The lowest BCUT2D eigenvalue weighted by Crippen LogP contribution is -1.98. The lowest BCUT2D eigenvalue weighted by Gasteiger charge is -2.09. The maximum Gasteiger partial charge on any atom is 0.187 e. The van der Waals surface area contributed by atoms with Crippen molar-refractivity contribution in [2.45, 2.75) is 13.2 Å². The summed E-state index contributed by atoms with van der Waals surface area (Å²) < 4.78 is 0. The molecule has 6 heteroatoms. The van der Waals surface area contributed by atoms with Crippen molar-refractivity contribution in [2.75, 3.05) is 5.32 Å². The average Bonchev–Trinajstić information content (AvgIpc) is 3.04. The second-order valence-corrected chi connectivity index (χ2v) is 5.54. The van der Waals surface area contributed by atoms with E-state index >= 15 is 0 Å². The van der Waals surface area contributed by atoms with Gasteiger partial charge < -0.3 is 15.5 Å². The molecular weight excluding hydrogens is 298 g/mol. The van der Waals surface area contributed by atoms with Gasteiger partial charge in [-0.05, 0) is 23.8 Å². The summed E-state index contributed by atoms with van der Waals surface area (Å²) >= 11 is 1.47. The number of benzene rings is 1. The zero-order valence-corrected chi connectivity index (χ0v) is 12.5. The van der Waals surface area contributed by atoms with E-state index in [4.69, 9.17) is 0 Å². The normalized spacial score (nSPS) is 10.6. The summed E-state index contributed by atoms with van der Waals surface area (Å²) in [5.74, 6) is 0. The summed E-state index contributed by atoms with van der Waals surface area (Å²) in [5, 5.41) is 24.5. The van der Waals surface area contributed by atoms with E-state index in [9.17, 15) is 10.2 Å². The summed E-state index contributed by atoms with van der Waals surface area (Å²) in [4.78, 5) is 8.78. The molecule has 0 radical (unpaired) electrons. The highest BCUT2D eigenvalue weighted by Crippen LogP contribution is 2.28. The Bertz CT molecular complexity index is 759. The van der Waals surface area contributed by atoms with Crippen LogP contribution in [0.3, 0.4) is 0 Å². The van der Waals surface area contributed by atoms with Crippen LogP contribution in [0.1, 0.15) is 11.1 Å². The van der Waals surface area contributed by atoms with E-state index in [0.717, 1.165) is 28.2 Å². The van der Waals surface area contributed by atoms with Crippen LogP contribution in [-0.2, 0) is 13.2 Å². The minimum Gasteiger partial charge on any atom is -0.392 e. The van der Waals surface area contributed by atoms with Gasteiger partial charge in [-0.2, -0.15) is 0 Å². The van der Waals surface area contributed by atoms with Crippen LogP contribution in [0.4, 0.5) is 10.8 Å². The average molecular weight is 313 g/mol. The molecule has 0 unspecified atom stereocenters. The Morgan fingerprint density at radius 2 is 1.95 bits per heavy atom. The minimum atomic E-state index is -0.0769. The van der Waals surface area contributed by atoms with Gasteiger partial charge in [0.1, 0.15) is 5.69 Å². The van der Waals surface area contributed by atoms with Crippen molar-refractivity contribution in [2.24, 2.45) is 0 Å². The first-order chi connectivity index (χ1) is 10.8. The van der Waals surface area contributed by atoms with Crippen molar-refractivity contribution in [3.63, 3.8) is 0 Å². The molecule has 2 heterocycles. The molecule has 112 valence electrons. The lowest BCUT2D eigenvalue weighted by molar-refractivity contribution is 0.278. The zero-order valence-electron chi connectivity index (χ0n) is 11.7. The number of nitrogens with one attached hydrogen (secondary N) is 1. The maximum absolute atomic E-state index is 9.41. The van der Waals surface area contributed by atoms with Gasteiger partial charge in [0.2, 0.25) is 0 Å². The standard InChI is InChI=1S/C16H15N3O2S/c20-8-11-4-5-12(9-21)14(7-11)18-16-19-15(10-22-16)13-3-1-2-6-17-13/h1-7,10,20-21H,8-9H2,(H,18,19). The Morgan fingerprint density at radius 3 is 2.68 bits per heavy atom. The highest BCUT2D eigenvalue weighted by atomic mass is 32.1. The molecule has 0 spiro atoms. The Labute approximate surface area is 131 Å². The first kappa shape index (κ1) is 14.6. The van der Waals surface area contributed by atoms with Gasteiger partial charge in [0.05, 0.1) is 18.9 Å². The third kappa shape index (κ3) is 3.14. The van der Waals surface area contributed by atoms with Gasteiger partial charge in [-0.3, -0.25) is 4.98 Å². The molecule has 2 aromatic heterocycles. The van der Waals surface area contributed by atoms with Crippen LogP contribution in [0, 0.1) is 0 Å². The van der Waals surface area contributed by atoms with Crippen molar-refractivity contribution in [3.05, 3.63) is 59.1 Å². The smallest absolute Gasteiger partial charge is 0.187 e. The minimum absolute atomic E-state index is 0.0442. The molecule has 1 aromatic carbocycles. The number of aliphatic hydroxyl groups is 2. The van der Waals surface area contributed by atoms with Crippen molar-refractivity contribution in [1.29, 1.82) is 0 Å². The third-order valence-electron chi connectivity index (χ3n) is 3.20. The largest absolute Gasteiger partial charge is 0.392 e. The van der Waals surface area contributed by atoms with E-state index in [2.05, 4.69) is 15.3 Å². The van der Waals surface area contributed by atoms with Gasteiger partial charge in [-0.15, -0.1) is 11.3 Å². The van der Waals surface area contributed by atoms with Crippen molar-refractivity contribution in [1.82, 2.24) is 9.97 Å². The Morgan fingerprint density at radius 1 is 1.05 bits per heavy atom. The molecule has 0 fully saturated rings. The molecule has 5 nitrogen and oxygen atoms in total. The quantitative estimate of drug-likeness (QED) is 0.675. The summed E-state index contributed by atoms with van der Waals surface area (Å²) in [5.41, 5.74) is 3.90. The first-order valence-corrected chi connectivity index (χ1v) is 7.65. The van der Waals surface area contributed by atoms with Gasteiger partial charge in [0.25, 0.3) is 0 Å². The van der Waals surface area contributed by atoms with Gasteiger partial charge in [0.15, 0.2) is 5.13 Å². The number of nitrogens with zero attached hydrogens (tertiary/aromatic N) is 2. The van der Waals surface area contributed by atoms with Crippen LogP contribution in [-0.4, -0.2) is 20.2 Å². The summed E-state index contributed by atoms with van der Waals surface area (Å²) in [6.07, 6.45) is 1.73. The number of hydrogen-bond acceptors (Lipinski definition) is 6. The molecular formula is C16H15N3O2S. The fourth-order valence-electron chi connectivity index (χ4n) is 2.05. The number of rotatable bonds is 5. The number of anilines is 2. The highest BCUT2D eigenvalue weighted by Gasteiger charge is 2.08. The fourth-order valence-corrected chi connectivity index (χ4v) is 2.77. The molecule has 0 atom stereocenters. The molecule has 3 N–H and O–H groups in total. The molecule has 0 saturated heterocycles. The van der Waals surface area contributed by atoms with E-state index in [1.807, 2.05) is 29.6 Å². The lowest BCUT2D eigenvalue weighted by atomic mass is 10.1. The molecule has 0 bridgehead atoms. The third-order valence-corrected chi connectivity index (χ3v) is 3.96. The van der Waals surface area contributed by atoms with E-state index < -0.39 is 0 Å². The maximum atomic E-state index is 9.41. The van der Waals surface area contributed by atoms with Crippen LogP contribution in [0.2, 0.25) is 0 Å². The van der Waals surface area contributed by atoms with E-state index in [0.29, 0.717) is 5.13 Å². The monoisotopic (exact) mass is 313 g/mol. The SMILES string of the molecule is OCc1ccc(CO)c(Nc2nc(-c3ccccn3)cs2)c1. The van der Waals surface area contributed by atoms with Gasteiger partial charge >= 0.3 is 0 Å². The molecule has 0 aliphatic carbocycles. The second kappa shape index (κ2) is 6.65. The zero-order chi connectivity index (χ0) is 15.4. The molecule has 0 aliphatic rings. The van der Waals surface area contributed by atoms with E-state index in [-0.39, 0.29) is 13.2 Å². The van der Waals surface area contributed by atoms with Crippen LogP contribution in [0.25, 0.3) is 11.4 Å². The Balaban J connectivity index is 1.86. The molecule has 3 rings (SSSR count). The Kier molecular flexibility index (Phi) is 4.43. The van der Waals surface area contributed by atoms with Crippen LogP contribution in [0.5, 0.6) is 0 Å².